The van der Waals surface area contributed by atoms with Gasteiger partial charge >= 0.3 is 0 Å². The molecule has 3 saturated carbocycles. The van der Waals surface area contributed by atoms with E-state index in [1.165, 1.54) is 45.7 Å². The van der Waals surface area contributed by atoms with Gasteiger partial charge in [-0.1, -0.05) is 43.7 Å². The van der Waals surface area contributed by atoms with Crippen molar-refractivity contribution in [3.05, 3.63) is 63.2 Å². The largest absolute Gasteiger partial charge is 0.350 e. The number of carbonyl (C=O) groups is 1. The predicted octanol–water partition coefficient (Wildman–Crippen LogP) is 5.98. The SMILES string of the molecule is Cc1ccc(Cn2nc(C(=O)NCC3CCC4CC3C4(C)C)c3c2-c2sc(C)cc2C3)cc1. The molecule has 33 heavy (non-hydrogen) atoms. The lowest BCUT2D eigenvalue weighted by Gasteiger charge is -2.60. The second-order valence-corrected chi connectivity index (χ2v) is 12.4. The van der Waals surface area contributed by atoms with E-state index in [4.69, 9.17) is 5.10 Å². The molecule has 3 unspecified atom stereocenters. The Morgan fingerprint density at radius 3 is 2.73 bits per heavy atom. The van der Waals surface area contributed by atoms with Gasteiger partial charge in [0, 0.05) is 23.4 Å². The molecule has 2 heterocycles. The number of carbonyl (C=O) groups excluding carboxylic acids is 1. The molecule has 0 aliphatic heterocycles. The van der Waals surface area contributed by atoms with Gasteiger partial charge in [-0.2, -0.15) is 5.10 Å². The first kappa shape index (κ1) is 21.2. The maximum atomic E-state index is 13.4. The van der Waals surface area contributed by atoms with Crippen LogP contribution in [0.15, 0.2) is 30.3 Å². The molecular weight excluding hydrogens is 426 g/mol. The number of hydrogen-bond acceptors (Lipinski definition) is 3. The van der Waals surface area contributed by atoms with Crippen molar-refractivity contribution in [2.75, 3.05) is 6.54 Å². The Morgan fingerprint density at radius 1 is 1.21 bits per heavy atom. The monoisotopic (exact) mass is 459 g/mol. The minimum Gasteiger partial charge on any atom is -0.350 e. The number of thiophene rings is 1. The lowest BCUT2D eigenvalue weighted by atomic mass is 9.45. The Balaban J connectivity index is 1.27. The molecule has 3 atom stereocenters. The van der Waals surface area contributed by atoms with E-state index < -0.39 is 0 Å². The number of rotatable bonds is 5. The van der Waals surface area contributed by atoms with E-state index in [9.17, 15) is 4.79 Å². The Labute approximate surface area is 200 Å². The maximum absolute atomic E-state index is 13.4. The molecule has 3 aromatic rings. The third-order valence-electron chi connectivity index (χ3n) is 8.76. The van der Waals surface area contributed by atoms with Crippen LogP contribution in [0.3, 0.4) is 0 Å². The standard InChI is InChI=1S/C28H33N3OS/c1-16-5-7-18(8-6-16)15-31-25-22(12-20-11-17(2)33-26(20)25)24(30-31)27(32)29-14-19-9-10-21-13-23(19)28(21,3)4/h5-8,11,19,21,23H,9-10,12-15H2,1-4H3,(H,29,32). The fourth-order valence-electron chi connectivity index (χ4n) is 6.69. The van der Waals surface area contributed by atoms with Gasteiger partial charge in [-0.15, -0.1) is 11.3 Å². The Hall–Kier alpha value is -2.40. The summed E-state index contributed by atoms with van der Waals surface area (Å²) < 4.78 is 2.07. The molecule has 5 heteroatoms. The van der Waals surface area contributed by atoms with Crippen LogP contribution < -0.4 is 5.32 Å². The van der Waals surface area contributed by atoms with Crippen LogP contribution in [0.2, 0.25) is 0 Å². The second-order valence-electron chi connectivity index (χ2n) is 11.1. The molecule has 0 spiro atoms. The summed E-state index contributed by atoms with van der Waals surface area (Å²) in [6, 6.07) is 10.9. The lowest BCUT2D eigenvalue weighted by Crippen LogP contribution is -2.54. The number of aryl methyl sites for hydroxylation is 2. The van der Waals surface area contributed by atoms with Crippen molar-refractivity contribution in [2.45, 2.75) is 59.9 Å². The molecule has 2 bridgehead atoms. The highest BCUT2D eigenvalue weighted by atomic mass is 32.1. The number of fused-ring (bicyclic) bond motifs is 5. The summed E-state index contributed by atoms with van der Waals surface area (Å²) in [5, 5.41) is 8.18. The number of nitrogens with one attached hydrogen (secondary N) is 1. The van der Waals surface area contributed by atoms with Crippen molar-refractivity contribution >= 4 is 17.2 Å². The number of benzene rings is 1. The average Bonchev–Trinajstić information content (AvgIpc) is 3.43. The summed E-state index contributed by atoms with van der Waals surface area (Å²) in [5.41, 5.74) is 7.12. The lowest BCUT2D eigenvalue weighted by molar-refractivity contribution is -0.103. The van der Waals surface area contributed by atoms with Crippen LogP contribution in [0.25, 0.3) is 10.6 Å². The quantitative estimate of drug-likeness (QED) is 0.399. The zero-order chi connectivity index (χ0) is 22.9. The number of nitrogens with zero attached hydrogens (tertiary/aromatic N) is 2. The van der Waals surface area contributed by atoms with E-state index in [1.54, 1.807) is 0 Å². The van der Waals surface area contributed by atoms with Crippen LogP contribution in [0, 0.1) is 37.0 Å². The predicted molar refractivity (Wildman–Crippen MR) is 134 cm³/mol. The minimum absolute atomic E-state index is 0.0000317. The zero-order valence-corrected chi connectivity index (χ0v) is 20.9. The van der Waals surface area contributed by atoms with E-state index in [2.05, 4.69) is 68.0 Å². The molecule has 7 rings (SSSR count). The molecule has 1 N–H and O–H groups in total. The third kappa shape index (κ3) is 3.39. The van der Waals surface area contributed by atoms with Crippen LogP contribution >= 0.6 is 11.3 Å². The normalized spacial score (nSPS) is 24.2. The van der Waals surface area contributed by atoms with Gasteiger partial charge in [0.25, 0.3) is 5.91 Å². The Bertz CT molecular complexity index is 1230. The minimum atomic E-state index is 0.0000317. The van der Waals surface area contributed by atoms with Crippen molar-refractivity contribution in [1.82, 2.24) is 15.1 Å². The van der Waals surface area contributed by atoms with Gasteiger partial charge in [-0.3, -0.25) is 9.48 Å². The molecule has 0 radical (unpaired) electrons. The molecule has 1 amide bonds. The first-order chi connectivity index (χ1) is 15.8. The number of hydrogen-bond donors (Lipinski definition) is 1. The first-order valence-electron chi connectivity index (χ1n) is 12.3. The zero-order valence-electron chi connectivity index (χ0n) is 20.1. The van der Waals surface area contributed by atoms with E-state index >= 15 is 0 Å². The number of amides is 1. The van der Waals surface area contributed by atoms with Crippen LogP contribution in [0.5, 0.6) is 0 Å². The van der Waals surface area contributed by atoms with Gasteiger partial charge in [-0.05, 0) is 73.5 Å². The average molecular weight is 460 g/mol. The van der Waals surface area contributed by atoms with E-state index in [0.29, 0.717) is 23.6 Å². The van der Waals surface area contributed by atoms with Gasteiger partial charge in [0.15, 0.2) is 5.69 Å². The van der Waals surface area contributed by atoms with Crippen molar-refractivity contribution in [3.8, 4) is 10.6 Å². The molecule has 3 fully saturated rings. The van der Waals surface area contributed by atoms with E-state index in [1.807, 2.05) is 11.3 Å². The molecule has 4 aliphatic rings. The second kappa shape index (κ2) is 7.56. The van der Waals surface area contributed by atoms with Crippen molar-refractivity contribution in [1.29, 1.82) is 0 Å². The van der Waals surface area contributed by atoms with Crippen LogP contribution in [0.4, 0.5) is 0 Å². The smallest absolute Gasteiger partial charge is 0.272 e. The maximum Gasteiger partial charge on any atom is 0.272 e. The molecule has 0 saturated heterocycles. The van der Waals surface area contributed by atoms with E-state index in [0.717, 1.165) is 36.1 Å². The van der Waals surface area contributed by atoms with Gasteiger partial charge in [0.05, 0.1) is 17.1 Å². The van der Waals surface area contributed by atoms with Gasteiger partial charge in [-0.25, -0.2) is 0 Å². The van der Waals surface area contributed by atoms with Gasteiger partial charge in [0.2, 0.25) is 0 Å². The van der Waals surface area contributed by atoms with Crippen molar-refractivity contribution < 1.29 is 4.79 Å². The molecule has 2 aromatic heterocycles. The van der Waals surface area contributed by atoms with Crippen LogP contribution in [-0.4, -0.2) is 22.2 Å². The highest BCUT2D eigenvalue weighted by Crippen LogP contribution is 2.61. The number of aromatic nitrogens is 2. The summed E-state index contributed by atoms with van der Waals surface area (Å²) >= 11 is 1.82. The first-order valence-corrected chi connectivity index (χ1v) is 13.2. The topological polar surface area (TPSA) is 46.9 Å². The van der Waals surface area contributed by atoms with Gasteiger partial charge < -0.3 is 5.32 Å². The molecule has 1 aromatic carbocycles. The summed E-state index contributed by atoms with van der Waals surface area (Å²) in [5.74, 6) is 2.23. The summed E-state index contributed by atoms with van der Waals surface area (Å²) in [6.07, 6.45) is 4.71. The Kier molecular flexibility index (Phi) is 4.84. The third-order valence-corrected chi connectivity index (χ3v) is 9.86. The summed E-state index contributed by atoms with van der Waals surface area (Å²) in [6.45, 7) is 10.6. The van der Waals surface area contributed by atoms with E-state index in [-0.39, 0.29) is 5.91 Å². The van der Waals surface area contributed by atoms with Gasteiger partial charge in [0.1, 0.15) is 0 Å². The fourth-order valence-corrected chi connectivity index (χ4v) is 7.80. The molecule has 4 nitrogen and oxygen atoms in total. The summed E-state index contributed by atoms with van der Waals surface area (Å²) in [4.78, 5) is 16.0. The van der Waals surface area contributed by atoms with Crippen LogP contribution in [-0.2, 0) is 13.0 Å². The van der Waals surface area contributed by atoms with Crippen molar-refractivity contribution in [3.63, 3.8) is 0 Å². The van der Waals surface area contributed by atoms with Crippen molar-refractivity contribution in [2.24, 2.45) is 23.2 Å². The molecule has 4 aliphatic carbocycles. The van der Waals surface area contributed by atoms with Crippen LogP contribution in [0.1, 0.15) is 70.7 Å². The molecular formula is C28H33N3OS. The highest BCUT2D eigenvalue weighted by Gasteiger charge is 2.54. The Morgan fingerprint density at radius 2 is 2.00 bits per heavy atom. The molecule has 172 valence electrons. The summed E-state index contributed by atoms with van der Waals surface area (Å²) in [7, 11) is 0. The fraction of sp³-hybridized carbons (Fsp3) is 0.500. The highest BCUT2D eigenvalue weighted by molar-refractivity contribution is 7.15.